The van der Waals surface area contributed by atoms with Gasteiger partial charge < -0.3 is 9.47 Å². The van der Waals surface area contributed by atoms with Crippen LogP contribution in [0.25, 0.3) is 0 Å². The van der Waals surface area contributed by atoms with E-state index >= 15 is 4.39 Å². The number of ether oxygens (including phenoxy) is 2. The normalized spacial score (nSPS) is 25.0. The van der Waals surface area contributed by atoms with Gasteiger partial charge in [0.25, 0.3) is 0 Å². The lowest BCUT2D eigenvalue weighted by Crippen LogP contribution is -2.54. The van der Waals surface area contributed by atoms with E-state index in [1.54, 1.807) is 34.6 Å². The lowest BCUT2D eigenvalue weighted by Gasteiger charge is -2.47. The fourth-order valence-electron chi connectivity index (χ4n) is 3.84. The van der Waals surface area contributed by atoms with Crippen LogP contribution in [0.1, 0.15) is 47.1 Å². The number of benzene rings is 1. The largest absolute Gasteiger partial charge is 0.443 e. The van der Waals surface area contributed by atoms with Crippen LogP contribution < -0.4 is 0 Å². The highest BCUT2D eigenvalue weighted by molar-refractivity contribution is 8.23. The number of amidine groups is 1. The second-order valence-electron chi connectivity index (χ2n) is 12.0. The maximum Gasteiger partial charge on any atom is 0.418 e. The molecule has 12 heteroatoms. The average molecular weight is 579 g/mol. The number of aliphatic imine (C=N–C) groups is 1. The second-order valence-corrected chi connectivity index (χ2v) is 21.7. The molecule has 0 spiro atoms. The third-order valence-electron chi connectivity index (χ3n) is 6.55. The fraction of sp³-hybridized carbons (Fsp3) is 0.680. The van der Waals surface area contributed by atoms with Crippen molar-refractivity contribution in [3.63, 3.8) is 0 Å². The summed E-state index contributed by atoms with van der Waals surface area (Å²) in [5, 5.41) is -0.000519. The molecule has 0 N–H and O–H groups in total. The number of rotatable bonds is 7. The number of amides is 1. The first-order valence-corrected chi connectivity index (χ1v) is 18.5. The van der Waals surface area contributed by atoms with Crippen molar-refractivity contribution in [1.29, 1.82) is 0 Å². The van der Waals surface area contributed by atoms with Crippen LogP contribution in [0.5, 0.6) is 0 Å². The number of hydrogen-bond acceptors (Lipinski definition) is 7. The van der Waals surface area contributed by atoms with Crippen LogP contribution in [-0.2, 0) is 24.8 Å². The molecule has 2 rings (SSSR count). The Hall–Kier alpha value is -1.50. The summed E-state index contributed by atoms with van der Waals surface area (Å²) in [5.74, 6) is -2.98. The van der Waals surface area contributed by atoms with E-state index in [1.165, 1.54) is 19.1 Å². The van der Waals surface area contributed by atoms with Gasteiger partial charge in [-0.25, -0.2) is 26.9 Å². The second kappa shape index (κ2) is 10.9. The molecule has 3 atom stereocenters. The minimum absolute atomic E-state index is 0.000519. The van der Waals surface area contributed by atoms with Crippen LogP contribution in [-0.4, -0.2) is 61.9 Å². The number of carbonyl (C=O) groups excluding carboxylic acids is 1. The highest BCUT2D eigenvalue weighted by Gasteiger charge is 2.57. The minimum Gasteiger partial charge on any atom is -0.443 e. The summed E-state index contributed by atoms with van der Waals surface area (Å²) in [7, 11) is -5.22. The molecule has 0 bridgehead atoms. The van der Waals surface area contributed by atoms with E-state index in [1.807, 2.05) is 0 Å². The number of nitrogens with zero attached hydrogens (tertiary/aromatic N) is 2. The molecule has 0 radical (unpaired) electrons. The first-order chi connectivity index (χ1) is 16.6. The minimum atomic E-state index is -3.80. The molecule has 1 aromatic carbocycles. The zero-order chi connectivity index (χ0) is 28.6. The van der Waals surface area contributed by atoms with E-state index in [0.29, 0.717) is 6.61 Å². The number of thioether (sulfide) groups is 1. The molecular formula is C25H40F2N2O5S2Si. The van der Waals surface area contributed by atoms with Crippen molar-refractivity contribution in [1.82, 2.24) is 4.90 Å². The van der Waals surface area contributed by atoms with Crippen LogP contribution in [0.3, 0.4) is 0 Å². The first-order valence-electron chi connectivity index (χ1n) is 12.1. The molecular weight excluding hydrogens is 539 g/mol. The standard InChI is InChI=1S/C25H40F2N2O5S2Si/c1-17-24(5,18-12-11-13-19(26)20(18)27)28-21(35-25(17,6)36(7,31)32)29(22(30)34-23(2,3)4)16-33-14-15-37(8,9)10/h11-13,17H,14-16H2,1-10H3/t17?,24-,25+/m0/s1. The Kier molecular flexibility index (Phi) is 9.37. The van der Waals surface area contributed by atoms with Gasteiger partial charge in [-0.3, -0.25) is 4.99 Å². The average Bonchev–Trinajstić information content (AvgIpc) is 2.70. The van der Waals surface area contributed by atoms with E-state index in [2.05, 4.69) is 19.6 Å². The Morgan fingerprint density at radius 1 is 1.22 bits per heavy atom. The molecule has 0 fully saturated rings. The molecule has 1 aliphatic rings. The summed E-state index contributed by atoms with van der Waals surface area (Å²) in [6.07, 6.45) is 0.309. The van der Waals surface area contributed by atoms with Gasteiger partial charge in [-0.1, -0.05) is 50.5 Å². The van der Waals surface area contributed by atoms with E-state index in [-0.39, 0.29) is 17.5 Å². The van der Waals surface area contributed by atoms with E-state index in [9.17, 15) is 17.6 Å². The van der Waals surface area contributed by atoms with Gasteiger partial charge in [-0.15, -0.1) is 0 Å². The van der Waals surface area contributed by atoms with Crippen molar-refractivity contribution in [2.75, 3.05) is 19.6 Å². The van der Waals surface area contributed by atoms with Crippen LogP contribution in [0.2, 0.25) is 25.7 Å². The third-order valence-corrected chi connectivity index (χ3v) is 12.5. The van der Waals surface area contributed by atoms with Crippen LogP contribution in [0, 0.1) is 17.6 Å². The number of hydrogen-bond donors (Lipinski definition) is 0. The number of halogens is 2. The summed E-state index contributed by atoms with van der Waals surface area (Å²) in [6.45, 7) is 16.6. The van der Waals surface area contributed by atoms with Crippen molar-refractivity contribution < 1.29 is 31.5 Å². The summed E-state index contributed by atoms with van der Waals surface area (Å²) in [6, 6.07) is 4.58. The Morgan fingerprint density at radius 2 is 1.81 bits per heavy atom. The molecule has 1 amide bonds. The van der Waals surface area contributed by atoms with Crippen molar-refractivity contribution in [3.05, 3.63) is 35.4 Å². The van der Waals surface area contributed by atoms with Gasteiger partial charge in [-0.2, -0.15) is 0 Å². The molecule has 210 valence electrons. The molecule has 0 aromatic heterocycles. The molecule has 0 aliphatic carbocycles. The molecule has 1 aliphatic heterocycles. The summed E-state index contributed by atoms with van der Waals surface area (Å²) in [4.78, 5) is 19.2. The van der Waals surface area contributed by atoms with Crippen molar-refractivity contribution >= 4 is 40.9 Å². The Bertz CT molecular complexity index is 1150. The van der Waals surface area contributed by atoms with E-state index < -0.39 is 56.8 Å². The maximum atomic E-state index is 15.1. The number of carbonyl (C=O) groups is 1. The molecule has 1 heterocycles. The zero-order valence-electron chi connectivity index (χ0n) is 23.4. The van der Waals surface area contributed by atoms with E-state index in [0.717, 1.165) is 35.0 Å². The molecule has 1 aromatic rings. The maximum absolute atomic E-state index is 15.1. The lowest BCUT2D eigenvalue weighted by atomic mass is 9.78. The van der Waals surface area contributed by atoms with Crippen LogP contribution >= 0.6 is 11.8 Å². The molecule has 1 unspecified atom stereocenters. The predicted molar refractivity (Wildman–Crippen MR) is 148 cm³/mol. The monoisotopic (exact) mass is 578 g/mol. The van der Waals surface area contributed by atoms with Gasteiger partial charge >= 0.3 is 6.09 Å². The van der Waals surface area contributed by atoms with Gasteiger partial charge in [0.2, 0.25) is 0 Å². The molecule has 7 nitrogen and oxygen atoms in total. The topological polar surface area (TPSA) is 85.3 Å². The molecule has 0 saturated carbocycles. The van der Waals surface area contributed by atoms with Crippen molar-refractivity contribution in [3.8, 4) is 0 Å². The third kappa shape index (κ3) is 7.33. The highest BCUT2D eigenvalue weighted by Crippen LogP contribution is 2.53. The lowest BCUT2D eigenvalue weighted by molar-refractivity contribution is 0.0108. The van der Waals surface area contributed by atoms with Gasteiger partial charge in [-0.05, 0) is 46.7 Å². The smallest absolute Gasteiger partial charge is 0.418 e. The van der Waals surface area contributed by atoms with Crippen molar-refractivity contribution in [2.24, 2.45) is 10.9 Å². The van der Waals surface area contributed by atoms with E-state index in [4.69, 9.17) is 14.5 Å². The van der Waals surface area contributed by atoms with Crippen molar-refractivity contribution in [2.45, 2.75) is 82.4 Å². The van der Waals surface area contributed by atoms with Gasteiger partial charge in [0.15, 0.2) is 26.6 Å². The quantitative estimate of drug-likeness (QED) is 0.217. The number of sulfone groups is 1. The Morgan fingerprint density at radius 3 is 2.32 bits per heavy atom. The van der Waals surface area contributed by atoms with Crippen LogP contribution in [0.4, 0.5) is 13.6 Å². The van der Waals surface area contributed by atoms with Gasteiger partial charge in [0.1, 0.15) is 16.4 Å². The van der Waals surface area contributed by atoms with Gasteiger partial charge in [0, 0.05) is 32.4 Å². The Labute approximate surface area is 225 Å². The SMILES string of the molecule is CC1[C@@](C)(S(C)(=O)=O)SC(N(COCC[Si](C)(C)C)C(=O)OC(C)(C)C)=N[C@]1(C)c1cccc(F)c1F. The first kappa shape index (κ1) is 31.7. The van der Waals surface area contributed by atoms with Gasteiger partial charge in [0.05, 0.1) is 5.54 Å². The summed E-state index contributed by atoms with van der Waals surface area (Å²) in [5.41, 5.74) is -2.47. The molecule has 0 saturated heterocycles. The highest BCUT2D eigenvalue weighted by atomic mass is 32.3. The fourth-order valence-corrected chi connectivity index (χ4v) is 7.54. The summed E-state index contributed by atoms with van der Waals surface area (Å²) < 4.78 is 65.5. The zero-order valence-corrected chi connectivity index (χ0v) is 26.1. The van der Waals surface area contributed by atoms with Crippen LogP contribution in [0.15, 0.2) is 23.2 Å². The predicted octanol–water partition coefficient (Wildman–Crippen LogP) is 6.23. The molecule has 37 heavy (non-hydrogen) atoms. The summed E-state index contributed by atoms with van der Waals surface area (Å²) >= 11 is 0.881. The Balaban J connectivity index is 2.69.